The summed E-state index contributed by atoms with van der Waals surface area (Å²) in [6, 6.07) is 8.18. The Morgan fingerprint density at radius 1 is 1.39 bits per heavy atom. The number of hydrogen-bond acceptors (Lipinski definition) is 6. The number of ether oxygens (including phenoxy) is 2. The minimum absolute atomic E-state index is 0.101. The smallest absolute Gasteiger partial charge is 0.294 e. The van der Waals surface area contributed by atoms with Crippen molar-refractivity contribution < 1.29 is 19.2 Å². The number of aromatic nitrogens is 2. The Hall–Kier alpha value is -3.88. The molecule has 4 rings (SSSR count). The van der Waals surface area contributed by atoms with E-state index in [0.717, 1.165) is 23.3 Å². The summed E-state index contributed by atoms with van der Waals surface area (Å²) in [4.78, 5) is 27.6. The van der Waals surface area contributed by atoms with E-state index in [-0.39, 0.29) is 23.9 Å². The molecule has 0 spiro atoms. The molecule has 0 saturated carbocycles. The second kappa shape index (κ2) is 8.47. The molecule has 1 aliphatic heterocycles. The van der Waals surface area contributed by atoms with Crippen LogP contribution in [0.5, 0.6) is 11.5 Å². The molecule has 3 aromatic rings. The molecule has 9 heteroatoms. The van der Waals surface area contributed by atoms with Gasteiger partial charge in [0.25, 0.3) is 11.6 Å². The highest BCUT2D eigenvalue weighted by Gasteiger charge is 2.23. The highest BCUT2D eigenvalue weighted by Crippen LogP contribution is 2.35. The van der Waals surface area contributed by atoms with Gasteiger partial charge in [0.1, 0.15) is 23.3 Å². The van der Waals surface area contributed by atoms with Crippen LogP contribution in [0.25, 0.3) is 5.69 Å². The van der Waals surface area contributed by atoms with Gasteiger partial charge in [0.2, 0.25) is 0 Å². The minimum atomic E-state index is -0.516. The average molecular weight is 422 g/mol. The number of nitro groups is 1. The molecule has 1 aliphatic rings. The molecule has 2 heterocycles. The largest absolute Gasteiger partial charge is 0.494 e. The molecular formula is C22H22N4O5. The van der Waals surface area contributed by atoms with Gasteiger partial charge in [-0.2, -0.15) is 0 Å². The Labute approximate surface area is 178 Å². The third-order valence-corrected chi connectivity index (χ3v) is 5.04. The number of carbonyl (C=O) groups excluding carboxylic acids is 1. The molecule has 0 unspecified atom stereocenters. The van der Waals surface area contributed by atoms with Crippen molar-refractivity contribution in [1.82, 2.24) is 14.9 Å². The molecule has 2 aromatic carbocycles. The molecule has 160 valence electrons. The number of hydrogen-bond donors (Lipinski definition) is 1. The maximum atomic E-state index is 12.7. The Bertz CT molecular complexity index is 1130. The van der Waals surface area contributed by atoms with Crippen molar-refractivity contribution in [2.45, 2.75) is 32.9 Å². The third kappa shape index (κ3) is 4.20. The van der Waals surface area contributed by atoms with E-state index >= 15 is 0 Å². The summed E-state index contributed by atoms with van der Waals surface area (Å²) in [5, 5.41) is 14.4. The molecule has 1 atom stereocenters. The molecule has 0 aliphatic carbocycles. The summed E-state index contributed by atoms with van der Waals surface area (Å²) >= 11 is 0. The van der Waals surface area contributed by atoms with Gasteiger partial charge in [0.15, 0.2) is 0 Å². The molecule has 31 heavy (non-hydrogen) atoms. The number of rotatable bonds is 7. The number of imidazole rings is 1. The van der Waals surface area contributed by atoms with Crippen LogP contribution >= 0.6 is 0 Å². The highest BCUT2D eigenvalue weighted by atomic mass is 16.6. The van der Waals surface area contributed by atoms with Crippen molar-refractivity contribution in [1.29, 1.82) is 0 Å². The van der Waals surface area contributed by atoms with Crippen LogP contribution in [0, 0.1) is 10.1 Å². The standard InChI is InChI=1S/C22H22N4O5/c1-3-30-20-10-16-8-14(2)31-21(16)11-17(20)12-24-22(27)15-4-5-18(19(9-15)26(28)29)25-7-6-23-13-25/h4-7,9-11,13-14H,3,8,12H2,1-2H3,(H,24,27)/t14-/m1/s1. The first-order chi connectivity index (χ1) is 15.0. The van der Waals surface area contributed by atoms with Crippen molar-refractivity contribution in [3.8, 4) is 17.2 Å². The maximum Gasteiger partial charge on any atom is 0.294 e. The first-order valence-electron chi connectivity index (χ1n) is 9.96. The van der Waals surface area contributed by atoms with Crippen molar-refractivity contribution >= 4 is 11.6 Å². The lowest BCUT2D eigenvalue weighted by atomic mass is 10.1. The van der Waals surface area contributed by atoms with Gasteiger partial charge in [-0.1, -0.05) is 0 Å². The van der Waals surface area contributed by atoms with Crippen LogP contribution in [0.1, 0.15) is 35.3 Å². The summed E-state index contributed by atoms with van der Waals surface area (Å²) in [5.74, 6) is 1.07. The molecule has 1 N–H and O–H groups in total. The number of nitro benzene ring substituents is 1. The quantitative estimate of drug-likeness (QED) is 0.462. The monoisotopic (exact) mass is 422 g/mol. The molecule has 0 bridgehead atoms. The van der Waals surface area contributed by atoms with Gasteiger partial charge in [-0.25, -0.2) is 4.98 Å². The minimum Gasteiger partial charge on any atom is -0.494 e. The lowest BCUT2D eigenvalue weighted by Crippen LogP contribution is -2.23. The van der Waals surface area contributed by atoms with Gasteiger partial charge >= 0.3 is 0 Å². The molecule has 1 aromatic heterocycles. The van der Waals surface area contributed by atoms with Crippen LogP contribution < -0.4 is 14.8 Å². The Kier molecular flexibility index (Phi) is 5.57. The SMILES string of the molecule is CCOc1cc2c(cc1CNC(=O)c1ccc(-n3ccnc3)c([N+](=O)[O-])c1)O[C@H](C)C2. The first-order valence-corrected chi connectivity index (χ1v) is 9.96. The van der Waals surface area contributed by atoms with E-state index in [4.69, 9.17) is 9.47 Å². The van der Waals surface area contributed by atoms with Crippen LogP contribution in [-0.4, -0.2) is 33.1 Å². The van der Waals surface area contributed by atoms with Crippen molar-refractivity contribution in [2.24, 2.45) is 0 Å². The van der Waals surface area contributed by atoms with Gasteiger partial charge in [-0.3, -0.25) is 14.9 Å². The highest BCUT2D eigenvalue weighted by molar-refractivity contribution is 5.95. The van der Waals surface area contributed by atoms with Crippen LogP contribution in [0.15, 0.2) is 49.1 Å². The van der Waals surface area contributed by atoms with Crippen molar-refractivity contribution in [3.63, 3.8) is 0 Å². The number of amides is 1. The van der Waals surface area contributed by atoms with Gasteiger partial charge in [-0.15, -0.1) is 0 Å². The predicted octanol–water partition coefficient (Wildman–Crippen LogP) is 3.43. The zero-order chi connectivity index (χ0) is 22.0. The zero-order valence-corrected chi connectivity index (χ0v) is 17.2. The second-order valence-corrected chi connectivity index (χ2v) is 7.25. The molecule has 0 saturated heterocycles. The number of nitrogens with one attached hydrogen (secondary N) is 1. The van der Waals surface area contributed by atoms with Crippen molar-refractivity contribution in [3.05, 3.63) is 75.9 Å². The van der Waals surface area contributed by atoms with E-state index in [0.29, 0.717) is 18.0 Å². The van der Waals surface area contributed by atoms with Crippen LogP contribution in [0.2, 0.25) is 0 Å². The number of carbonyl (C=O) groups is 1. The predicted molar refractivity (Wildman–Crippen MR) is 113 cm³/mol. The topological polar surface area (TPSA) is 109 Å². The molecule has 0 fully saturated rings. The van der Waals surface area contributed by atoms with E-state index in [1.165, 1.54) is 29.2 Å². The summed E-state index contributed by atoms with van der Waals surface area (Å²) < 4.78 is 13.1. The Morgan fingerprint density at radius 2 is 2.23 bits per heavy atom. The lowest BCUT2D eigenvalue weighted by Gasteiger charge is -2.13. The van der Waals surface area contributed by atoms with Gasteiger partial charge in [0.05, 0.1) is 17.9 Å². The molecule has 1 amide bonds. The fourth-order valence-electron chi connectivity index (χ4n) is 3.62. The molecule has 0 radical (unpaired) electrons. The number of nitrogens with zero attached hydrogens (tertiary/aromatic N) is 3. The summed E-state index contributed by atoms with van der Waals surface area (Å²) in [7, 11) is 0. The summed E-state index contributed by atoms with van der Waals surface area (Å²) in [6.07, 6.45) is 5.52. The van der Waals surface area contributed by atoms with E-state index in [2.05, 4.69) is 10.3 Å². The first kappa shape index (κ1) is 20.4. The fourth-order valence-corrected chi connectivity index (χ4v) is 3.62. The third-order valence-electron chi connectivity index (χ3n) is 5.04. The van der Waals surface area contributed by atoms with Crippen LogP contribution in [0.3, 0.4) is 0 Å². The van der Waals surface area contributed by atoms with E-state index in [1.807, 2.05) is 26.0 Å². The number of fused-ring (bicyclic) bond motifs is 1. The average Bonchev–Trinajstić information content (AvgIpc) is 3.40. The lowest BCUT2D eigenvalue weighted by molar-refractivity contribution is -0.384. The van der Waals surface area contributed by atoms with E-state index < -0.39 is 10.8 Å². The van der Waals surface area contributed by atoms with Crippen LogP contribution in [-0.2, 0) is 13.0 Å². The second-order valence-electron chi connectivity index (χ2n) is 7.25. The zero-order valence-electron chi connectivity index (χ0n) is 17.2. The van der Waals surface area contributed by atoms with Gasteiger partial charge < -0.3 is 19.4 Å². The normalized spacial score (nSPS) is 14.6. The molecule has 9 nitrogen and oxygen atoms in total. The van der Waals surface area contributed by atoms with E-state index in [9.17, 15) is 14.9 Å². The number of benzene rings is 2. The van der Waals surface area contributed by atoms with Gasteiger partial charge in [-0.05, 0) is 38.1 Å². The van der Waals surface area contributed by atoms with Crippen molar-refractivity contribution in [2.75, 3.05) is 6.61 Å². The Morgan fingerprint density at radius 3 is 2.94 bits per heavy atom. The molecular weight excluding hydrogens is 400 g/mol. The maximum absolute atomic E-state index is 12.7. The van der Waals surface area contributed by atoms with E-state index in [1.54, 1.807) is 12.3 Å². The Balaban J connectivity index is 1.55. The van der Waals surface area contributed by atoms with Crippen LogP contribution in [0.4, 0.5) is 5.69 Å². The summed E-state index contributed by atoms with van der Waals surface area (Å²) in [6.45, 7) is 4.60. The fraction of sp³-hybridized carbons (Fsp3) is 0.273. The van der Waals surface area contributed by atoms with Gasteiger partial charge in [0, 0.05) is 48.1 Å². The summed E-state index contributed by atoms with van der Waals surface area (Å²) in [5.41, 5.74) is 2.21.